The zero-order valence-electron chi connectivity index (χ0n) is 35.7. The number of Topliss-reactive ketones (excluding diaryl/α,β-unsaturated/α-hetero) is 2. The summed E-state index contributed by atoms with van der Waals surface area (Å²) in [5, 5.41) is 11.5. The molecular weight excluding hydrogens is 817 g/mol. The van der Waals surface area contributed by atoms with Crippen LogP contribution in [0.15, 0.2) is 188 Å². The molecule has 0 spiro atoms. The van der Waals surface area contributed by atoms with Crippen molar-refractivity contribution < 1.29 is 38.4 Å². The monoisotopic (exact) mass is 860 g/mol. The van der Waals surface area contributed by atoms with Gasteiger partial charge in [-0.3, -0.25) is 19.6 Å². The van der Waals surface area contributed by atoms with E-state index < -0.39 is 0 Å². The van der Waals surface area contributed by atoms with E-state index in [-0.39, 0.29) is 17.3 Å². The lowest BCUT2D eigenvalue weighted by Gasteiger charge is -2.14. The number of fused-ring (bicyclic) bond motifs is 2. The van der Waals surface area contributed by atoms with Crippen LogP contribution in [0.5, 0.6) is 46.0 Å². The Labute approximate surface area is 376 Å². The quantitative estimate of drug-likeness (QED) is 0.0995. The summed E-state index contributed by atoms with van der Waals surface area (Å²) >= 11 is 0. The number of aromatic nitrogens is 2. The number of hydrogen-bond donors (Lipinski definition) is 1. The highest BCUT2D eigenvalue weighted by Gasteiger charge is 2.15. The van der Waals surface area contributed by atoms with Gasteiger partial charge in [0.15, 0.2) is 34.6 Å². The van der Waals surface area contributed by atoms with Gasteiger partial charge in [-0.1, -0.05) is 115 Å². The fraction of sp³-hybridized carbons (Fsp3) is 0.0909. The predicted molar refractivity (Wildman–Crippen MR) is 251 cm³/mol. The third kappa shape index (κ3) is 10.9. The molecule has 7 aromatic carbocycles. The Morgan fingerprint density at radius 1 is 0.462 bits per heavy atom. The van der Waals surface area contributed by atoms with Crippen molar-refractivity contribution in [2.24, 2.45) is 0 Å². The molecule has 65 heavy (non-hydrogen) atoms. The lowest BCUT2D eigenvalue weighted by molar-refractivity contribution is 0.0984. The van der Waals surface area contributed by atoms with Crippen LogP contribution in [0.2, 0.25) is 0 Å². The van der Waals surface area contributed by atoms with Gasteiger partial charge in [0, 0.05) is 59.3 Å². The summed E-state index contributed by atoms with van der Waals surface area (Å²) in [6, 6.07) is 54.1. The first kappa shape index (κ1) is 43.2. The van der Waals surface area contributed by atoms with Crippen molar-refractivity contribution in [1.82, 2.24) is 9.97 Å². The minimum absolute atomic E-state index is 0.0251. The number of aromatic hydroxyl groups is 1. The normalized spacial score (nSPS) is 10.7. The van der Waals surface area contributed by atoms with Crippen LogP contribution in [0.1, 0.15) is 37.4 Å². The summed E-state index contributed by atoms with van der Waals surface area (Å²) in [5.41, 5.74) is 5.66. The maximum absolute atomic E-state index is 12.5. The van der Waals surface area contributed by atoms with E-state index in [2.05, 4.69) is 9.97 Å². The second kappa shape index (κ2) is 20.6. The van der Waals surface area contributed by atoms with Gasteiger partial charge in [0.05, 0.1) is 25.3 Å². The van der Waals surface area contributed by atoms with Crippen molar-refractivity contribution in [3.05, 3.63) is 216 Å². The third-order valence-corrected chi connectivity index (χ3v) is 10.4. The predicted octanol–water partition coefficient (Wildman–Crippen LogP) is 12.2. The van der Waals surface area contributed by atoms with E-state index in [9.17, 15) is 14.7 Å². The zero-order chi connectivity index (χ0) is 45.0. The molecule has 322 valence electrons. The molecule has 9 rings (SSSR count). The van der Waals surface area contributed by atoms with E-state index >= 15 is 0 Å². The first-order valence-electron chi connectivity index (χ1n) is 20.8. The van der Waals surface area contributed by atoms with E-state index in [1.165, 1.54) is 7.11 Å². The van der Waals surface area contributed by atoms with Crippen LogP contribution in [0.4, 0.5) is 0 Å². The first-order valence-corrected chi connectivity index (χ1v) is 20.8. The molecular formula is C55H44N2O8. The van der Waals surface area contributed by atoms with Crippen LogP contribution in [0.25, 0.3) is 21.8 Å². The molecule has 0 aliphatic carbocycles. The molecule has 2 heterocycles. The molecule has 0 radical (unpaired) electrons. The maximum atomic E-state index is 12.5. The van der Waals surface area contributed by atoms with Crippen LogP contribution >= 0.6 is 0 Å². The average Bonchev–Trinajstić information content (AvgIpc) is 3.35. The molecule has 0 fully saturated rings. The van der Waals surface area contributed by atoms with Gasteiger partial charge >= 0.3 is 0 Å². The molecule has 10 heteroatoms. The fourth-order valence-electron chi connectivity index (χ4n) is 7.04. The average molecular weight is 861 g/mol. The molecule has 0 amide bonds. The van der Waals surface area contributed by atoms with Crippen LogP contribution in [0, 0.1) is 0 Å². The highest BCUT2D eigenvalue weighted by Crippen LogP contribution is 2.38. The molecule has 1 N–H and O–H groups in total. The van der Waals surface area contributed by atoms with Gasteiger partial charge in [0.25, 0.3) is 0 Å². The van der Waals surface area contributed by atoms with E-state index in [0.29, 0.717) is 76.3 Å². The van der Waals surface area contributed by atoms with Crippen molar-refractivity contribution in [2.75, 3.05) is 14.2 Å². The molecule has 2 aromatic heterocycles. The van der Waals surface area contributed by atoms with E-state index in [0.717, 1.165) is 33.0 Å². The lowest BCUT2D eigenvalue weighted by Crippen LogP contribution is -2.03. The molecule has 10 nitrogen and oxygen atoms in total. The smallest absolute Gasteiger partial charge is 0.167 e. The van der Waals surface area contributed by atoms with Crippen molar-refractivity contribution in [3.63, 3.8) is 0 Å². The fourth-order valence-corrected chi connectivity index (χ4v) is 7.04. The van der Waals surface area contributed by atoms with Crippen molar-refractivity contribution >= 4 is 33.4 Å². The summed E-state index contributed by atoms with van der Waals surface area (Å²) in [4.78, 5) is 33.6. The van der Waals surface area contributed by atoms with Gasteiger partial charge in [0.2, 0.25) is 0 Å². The van der Waals surface area contributed by atoms with Crippen LogP contribution in [-0.4, -0.2) is 40.9 Å². The number of phenols is 1. The highest BCUT2D eigenvalue weighted by molar-refractivity contribution is 5.98. The summed E-state index contributed by atoms with van der Waals surface area (Å²) in [5.74, 6) is 4.32. The number of rotatable bonds is 15. The topological polar surface area (TPSA) is 126 Å². The molecule has 0 atom stereocenters. The van der Waals surface area contributed by atoms with Crippen molar-refractivity contribution in [1.29, 1.82) is 0 Å². The van der Waals surface area contributed by atoms with Crippen LogP contribution in [-0.2, 0) is 19.4 Å². The standard InChI is InChI=1S/C31H25NO4.C24H19NO4/c1-34-30-19-26-27(20-31(30)35-21-23-8-4-2-5-9-23)32-17-16-29(26)36-25-14-12-22(13-15-25)18-28(33)24-10-6-3-7-11-24;1-28-24-14-19-20(15-22(24)27)25-12-11-23(19)29-18-9-7-16(8-10-18)13-21(26)17-5-3-2-4-6-17/h2-17,19-20H,18,21H2,1H3;2-12,14-15,27H,13H2,1H3. The van der Waals surface area contributed by atoms with Crippen LogP contribution in [0.3, 0.4) is 0 Å². The Hall–Kier alpha value is -8.50. The summed E-state index contributed by atoms with van der Waals surface area (Å²) < 4.78 is 29.0. The number of hydrogen-bond acceptors (Lipinski definition) is 10. The summed E-state index contributed by atoms with van der Waals surface area (Å²) in [6.45, 7) is 0.429. The van der Waals surface area contributed by atoms with E-state index in [1.54, 1.807) is 37.7 Å². The summed E-state index contributed by atoms with van der Waals surface area (Å²) in [6.07, 6.45) is 4.00. The van der Waals surface area contributed by atoms with E-state index in [1.807, 2.05) is 158 Å². The molecule has 0 unspecified atom stereocenters. The van der Waals surface area contributed by atoms with Gasteiger partial charge in [-0.25, -0.2) is 0 Å². The largest absolute Gasteiger partial charge is 0.504 e. The molecule has 0 aliphatic rings. The van der Waals surface area contributed by atoms with Gasteiger partial charge < -0.3 is 28.8 Å². The Balaban J connectivity index is 0.000000181. The number of nitrogens with zero attached hydrogens (tertiary/aromatic N) is 2. The number of ether oxygens (including phenoxy) is 5. The SMILES string of the molecule is COc1cc2c(Oc3ccc(CC(=O)c4ccccc4)cc3)ccnc2cc1O.COc1cc2c(Oc3ccc(CC(=O)c4ccccc4)cc3)ccnc2cc1OCc1ccccc1. The van der Waals surface area contributed by atoms with Gasteiger partial charge in [-0.2, -0.15) is 0 Å². The number of pyridine rings is 2. The minimum Gasteiger partial charge on any atom is -0.504 e. The second-order valence-electron chi connectivity index (χ2n) is 14.9. The Morgan fingerprint density at radius 2 is 0.908 bits per heavy atom. The maximum Gasteiger partial charge on any atom is 0.167 e. The molecule has 0 bridgehead atoms. The number of phenolic OH excluding ortho intramolecular Hbond substituents is 1. The Bertz CT molecular complexity index is 3040. The molecule has 0 saturated carbocycles. The van der Waals surface area contributed by atoms with Gasteiger partial charge in [-0.05, 0) is 65.2 Å². The Morgan fingerprint density at radius 3 is 1.38 bits per heavy atom. The summed E-state index contributed by atoms with van der Waals surface area (Å²) in [7, 11) is 3.11. The number of methoxy groups -OCH3 is 2. The number of carbonyl (C=O) groups is 2. The second-order valence-corrected chi connectivity index (χ2v) is 14.9. The number of benzene rings is 7. The van der Waals surface area contributed by atoms with Crippen molar-refractivity contribution in [2.45, 2.75) is 19.4 Å². The minimum atomic E-state index is 0.0251. The number of ketones is 2. The molecule has 0 aliphatic heterocycles. The zero-order valence-corrected chi connectivity index (χ0v) is 35.7. The first-order chi connectivity index (χ1) is 31.8. The van der Waals surface area contributed by atoms with Gasteiger partial charge in [-0.15, -0.1) is 0 Å². The Kier molecular flexibility index (Phi) is 13.7. The lowest BCUT2D eigenvalue weighted by atomic mass is 10.0. The third-order valence-electron chi connectivity index (χ3n) is 10.4. The molecule has 9 aromatic rings. The molecule has 0 saturated heterocycles. The van der Waals surface area contributed by atoms with E-state index in [4.69, 9.17) is 23.7 Å². The van der Waals surface area contributed by atoms with Crippen LogP contribution < -0.4 is 23.7 Å². The highest BCUT2D eigenvalue weighted by atomic mass is 16.5. The van der Waals surface area contributed by atoms with Gasteiger partial charge in [0.1, 0.15) is 29.6 Å². The number of carbonyl (C=O) groups excluding carboxylic acids is 2. The van der Waals surface area contributed by atoms with Crippen molar-refractivity contribution in [3.8, 4) is 46.0 Å².